The summed E-state index contributed by atoms with van der Waals surface area (Å²) < 4.78 is 8.25. The van der Waals surface area contributed by atoms with Gasteiger partial charge in [-0.15, -0.1) is 0 Å². The summed E-state index contributed by atoms with van der Waals surface area (Å²) in [5, 5.41) is 9.98. The maximum Gasteiger partial charge on any atom is 0.277 e. The molecule has 4 rings (SSSR count). The second-order valence-electron chi connectivity index (χ2n) is 6.99. The first-order valence-corrected chi connectivity index (χ1v) is 9.32. The summed E-state index contributed by atoms with van der Waals surface area (Å²) in [5.74, 6) is 0.472. The lowest BCUT2D eigenvalue weighted by Crippen LogP contribution is -2.34. The highest BCUT2D eigenvalue weighted by atomic mass is 16.5. The van der Waals surface area contributed by atoms with E-state index >= 15 is 0 Å². The van der Waals surface area contributed by atoms with Gasteiger partial charge >= 0.3 is 0 Å². The van der Waals surface area contributed by atoms with Gasteiger partial charge in [0, 0.05) is 25.9 Å². The van der Waals surface area contributed by atoms with Crippen molar-refractivity contribution in [1.82, 2.24) is 34.7 Å². The number of carbonyl (C=O) groups excluding carboxylic acids is 1. The topological polar surface area (TPSA) is 119 Å². The number of rotatable bonds is 6. The molecule has 3 aromatic heterocycles. The second-order valence-corrected chi connectivity index (χ2v) is 6.99. The Morgan fingerprint density at radius 3 is 2.93 bits per heavy atom. The van der Waals surface area contributed by atoms with Gasteiger partial charge in [0.25, 0.3) is 11.3 Å². The Morgan fingerprint density at radius 2 is 2.18 bits per heavy atom. The SMILES string of the molecule is COCC(NC(=O)Cc1nc2nc3c(c(=O)n2[nH]1)CCCC3)c1ccnn1C. The third kappa shape index (κ3) is 3.42. The Bertz CT molecular complexity index is 1060. The van der Waals surface area contributed by atoms with E-state index in [2.05, 4.69) is 25.5 Å². The first-order valence-electron chi connectivity index (χ1n) is 9.32. The molecule has 0 aliphatic heterocycles. The molecule has 148 valence electrons. The van der Waals surface area contributed by atoms with Crippen LogP contribution in [-0.4, -0.2) is 49.0 Å². The third-order valence-corrected chi connectivity index (χ3v) is 5.02. The van der Waals surface area contributed by atoms with E-state index in [1.54, 1.807) is 18.0 Å². The van der Waals surface area contributed by atoms with Crippen molar-refractivity contribution in [1.29, 1.82) is 0 Å². The molecule has 1 unspecified atom stereocenters. The molecule has 0 radical (unpaired) electrons. The van der Waals surface area contributed by atoms with Crippen LogP contribution in [0.4, 0.5) is 0 Å². The van der Waals surface area contributed by atoms with E-state index in [0.29, 0.717) is 18.2 Å². The average Bonchev–Trinajstić information content (AvgIpc) is 3.27. The zero-order valence-electron chi connectivity index (χ0n) is 15.9. The average molecular weight is 385 g/mol. The molecule has 28 heavy (non-hydrogen) atoms. The highest BCUT2D eigenvalue weighted by molar-refractivity contribution is 5.78. The standard InChI is InChI=1S/C18H23N7O3/c1-24-14(7-8-19-24)13(10-28-2)20-16(26)9-15-22-18-21-12-6-4-3-5-11(12)17(27)25(18)23-15/h7-8,13H,3-6,9-10H2,1-2H3,(H,20,26)(H,21,22,23). The van der Waals surface area contributed by atoms with E-state index in [0.717, 1.165) is 42.6 Å². The van der Waals surface area contributed by atoms with E-state index in [-0.39, 0.29) is 23.9 Å². The molecule has 0 aromatic carbocycles. The normalized spacial score (nSPS) is 14.8. The Labute approximate surface area is 160 Å². The monoisotopic (exact) mass is 385 g/mol. The predicted molar refractivity (Wildman–Crippen MR) is 99.9 cm³/mol. The number of aromatic amines is 1. The van der Waals surface area contributed by atoms with Crippen molar-refractivity contribution in [3.8, 4) is 0 Å². The molecule has 10 nitrogen and oxygen atoms in total. The van der Waals surface area contributed by atoms with Gasteiger partial charge in [-0.3, -0.25) is 19.4 Å². The first kappa shape index (κ1) is 18.4. The molecule has 0 saturated carbocycles. The van der Waals surface area contributed by atoms with Gasteiger partial charge in [0.15, 0.2) is 0 Å². The molecule has 3 heterocycles. The number of aromatic nitrogens is 6. The fraction of sp³-hybridized carbons (Fsp3) is 0.500. The lowest BCUT2D eigenvalue weighted by Gasteiger charge is -2.17. The number of methoxy groups -OCH3 is 1. The summed E-state index contributed by atoms with van der Waals surface area (Å²) >= 11 is 0. The molecule has 3 aromatic rings. The molecule has 1 atom stereocenters. The van der Waals surface area contributed by atoms with E-state index in [9.17, 15) is 9.59 Å². The van der Waals surface area contributed by atoms with Crippen molar-refractivity contribution in [2.45, 2.75) is 38.1 Å². The smallest absolute Gasteiger partial charge is 0.277 e. The van der Waals surface area contributed by atoms with Crippen molar-refractivity contribution in [3.63, 3.8) is 0 Å². The minimum absolute atomic E-state index is 0.00549. The quantitative estimate of drug-likeness (QED) is 0.620. The number of amides is 1. The molecular formula is C18H23N7O3. The number of H-pyrrole nitrogens is 1. The Kier molecular flexibility index (Phi) is 4.95. The number of ether oxygens (including phenoxy) is 1. The Morgan fingerprint density at radius 1 is 1.36 bits per heavy atom. The van der Waals surface area contributed by atoms with Crippen molar-refractivity contribution in [2.24, 2.45) is 7.05 Å². The molecule has 1 amide bonds. The predicted octanol–water partition coefficient (Wildman–Crippen LogP) is 0.0763. The molecule has 2 N–H and O–H groups in total. The molecular weight excluding hydrogens is 362 g/mol. The van der Waals surface area contributed by atoms with Crippen LogP contribution in [0.2, 0.25) is 0 Å². The van der Waals surface area contributed by atoms with Gasteiger partial charge < -0.3 is 10.1 Å². The minimum atomic E-state index is -0.331. The summed E-state index contributed by atoms with van der Waals surface area (Å²) in [5.41, 5.74) is 2.30. The highest BCUT2D eigenvalue weighted by Gasteiger charge is 2.21. The van der Waals surface area contributed by atoms with Crippen LogP contribution in [0.3, 0.4) is 0 Å². The summed E-state index contributed by atoms with van der Waals surface area (Å²) in [6, 6.07) is 1.50. The minimum Gasteiger partial charge on any atom is -0.382 e. The second kappa shape index (κ2) is 7.55. The molecule has 1 aliphatic carbocycles. The van der Waals surface area contributed by atoms with Gasteiger partial charge in [0.05, 0.1) is 30.5 Å². The molecule has 0 fully saturated rings. The number of aryl methyl sites for hydroxylation is 2. The van der Waals surface area contributed by atoms with Crippen LogP contribution in [0, 0.1) is 0 Å². The fourth-order valence-electron chi connectivity index (χ4n) is 3.66. The van der Waals surface area contributed by atoms with Crippen LogP contribution < -0.4 is 10.9 Å². The number of nitrogens with zero attached hydrogens (tertiary/aromatic N) is 5. The lowest BCUT2D eigenvalue weighted by atomic mass is 9.97. The number of fused-ring (bicyclic) bond motifs is 2. The molecule has 1 aliphatic rings. The molecule has 10 heteroatoms. The van der Waals surface area contributed by atoms with Crippen molar-refractivity contribution in [3.05, 3.63) is 45.4 Å². The number of hydrogen-bond acceptors (Lipinski definition) is 6. The highest BCUT2D eigenvalue weighted by Crippen LogP contribution is 2.16. The zero-order chi connectivity index (χ0) is 19.7. The van der Waals surface area contributed by atoms with Gasteiger partial charge in [-0.1, -0.05) is 0 Å². The number of hydrogen-bond donors (Lipinski definition) is 2. The zero-order valence-corrected chi connectivity index (χ0v) is 15.9. The maximum atomic E-state index is 12.7. The van der Waals surface area contributed by atoms with Crippen molar-refractivity contribution in [2.75, 3.05) is 13.7 Å². The largest absolute Gasteiger partial charge is 0.382 e. The summed E-state index contributed by atoms with van der Waals surface area (Å²) in [7, 11) is 3.39. The van der Waals surface area contributed by atoms with Crippen LogP contribution in [0.15, 0.2) is 17.1 Å². The van der Waals surface area contributed by atoms with E-state index in [1.807, 2.05) is 13.1 Å². The third-order valence-electron chi connectivity index (χ3n) is 5.02. The van der Waals surface area contributed by atoms with E-state index in [1.165, 1.54) is 4.52 Å². The van der Waals surface area contributed by atoms with Gasteiger partial charge in [-0.2, -0.15) is 14.6 Å². The van der Waals surface area contributed by atoms with E-state index < -0.39 is 0 Å². The van der Waals surface area contributed by atoms with Crippen LogP contribution >= 0.6 is 0 Å². The fourth-order valence-corrected chi connectivity index (χ4v) is 3.66. The van der Waals surface area contributed by atoms with E-state index in [4.69, 9.17) is 4.74 Å². The molecule has 0 spiro atoms. The summed E-state index contributed by atoms with van der Waals surface area (Å²) in [4.78, 5) is 34.1. The number of nitrogens with one attached hydrogen (secondary N) is 2. The van der Waals surface area contributed by atoms with Gasteiger partial charge in [0.1, 0.15) is 5.82 Å². The Hall–Kier alpha value is -3.01. The molecule has 0 bridgehead atoms. The van der Waals surface area contributed by atoms with Crippen molar-refractivity contribution < 1.29 is 9.53 Å². The number of carbonyl (C=O) groups is 1. The van der Waals surface area contributed by atoms with Crippen LogP contribution in [-0.2, 0) is 35.8 Å². The van der Waals surface area contributed by atoms with Gasteiger partial charge in [-0.05, 0) is 31.7 Å². The van der Waals surface area contributed by atoms with Crippen molar-refractivity contribution >= 4 is 11.7 Å². The summed E-state index contributed by atoms with van der Waals surface area (Å²) in [6.45, 7) is 0.319. The Balaban J connectivity index is 1.54. The van der Waals surface area contributed by atoms with Crippen LogP contribution in [0.1, 0.15) is 41.7 Å². The lowest BCUT2D eigenvalue weighted by molar-refractivity contribution is -0.121. The molecule has 0 saturated heterocycles. The van der Waals surface area contributed by atoms with Gasteiger partial charge in [-0.25, -0.2) is 4.98 Å². The summed E-state index contributed by atoms with van der Waals surface area (Å²) in [6.07, 6.45) is 5.24. The van der Waals surface area contributed by atoms with Gasteiger partial charge in [0.2, 0.25) is 5.91 Å². The first-order chi connectivity index (χ1) is 13.6. The maximum absolute atomic E-state index is 12.7. The van der Waals surface area contributed by atoms with Crippen LogP contribution in [0.25, 0.3) is 5.78 Å². The van der Waals surface area contributed by atoms with Crippen LogP contribution in [0.5, 0.6) is 0 Å².